The first-order valence-electron chi connectivity index (χ1n) is 33.9. The Kier molecular flexibility index (Phi) is 30.4. The number of amides is 4. The van der Waals surface area contributed by atoms with Crippen molar-refractivity contribution < 1.29 is 66.2 Å². The van der Waals surface area contributed by atoms with Gasteiger partial charge in [0, 0.05) is 94.0 Å². The monoisotopic (exact) mass is 1540 g/mol. The Bertz CT molecular complexity index is 5390. The van der Waals surface area contributed by atoms with Crippen molar-refractivity contribution in [3.8, 4) is 87.7 Å². The quantitative estimate of drug-likeness (QED) is 0.0153. The average Bonchev–Trinajstić information content (AvgIpc) is 0.840. The lowest BCUT2D eigenvalue weighted by Gasteiger charge is -2.12. The van der Waals surface area contributed by atoms with Gasteiger partial charge < -0.3 is 85.2 Å². The van der Waals surface area contributed by atoms with Crippen LogP contribution < -0.4 is 85.2 Å². The number of hydrogen-bond acceptors (Lipinski definition) is 26. The van der Waals surface area contributed by atoms with Crippen LogP contribution in [0.15, 0.2) is 270 Å². The number of methoxy groups -OCH3 is 4. The zero-order valence-corrected chi connectivity index (χ0v) is 61.9. The smallest absolute Gasteiger partial charge is 0.267 e. The number of carbonyl (C=O) groups is 4. The second-order valence-corrected chi connectivity index (χ2v) is 22.7. The molecule has 0 unspecified atom stereocenters. The summed E-state index contributed by atoms with van der Waals surface area (Å²) in [4.78, 5) is 83.8. The molecule has 31 heteroatoms. The first-order chi connectivity index (χ1) is 55.4. The highest BCUT2D eigenvalue weighted by Crippen LogP contribution is 2.35. The average molecular weight is 1540 g/mol. The van der Waals surface area contributed by atoms with Gasteiger partial charge in [-0.25, -0.2) is 24.9 Å². The number of nitrogens with zero attached hydrogens (tertiary/aromatic N) is 9. The summed E-state index contributed by atoms with van der Waals surface area (Å²) >= 11 is 0. The lowest BCUT2D eigenvalue weighted by atomic mass is 10.3. The number of ether oxygens (including phenoxy) is 9. The molecule has 5 aromatic heterocycles. The minimum Gasteiger partial charge on any atom is -0.497 e. The Morgan fingerprint density at radius 1 is 0.377 bits per heavy atom. The largest absolute Gasteiger partial charge is 0.497 e. The lowest BCUT2D eigenvalue weighted by molar-refractivity contribution is -0.112. The minimum absolute atomic E-state index is 0.122. The Balaban J connectivity index is 0.000000174. The van der Waals surface area contributed by atoms with Crippen molar-refractivity contribution >= 4 is 92.9 Å². The van der Waals surface area contributed by atoms with E-state index in [-0.39, 0.29) is 59.6 Å². The number of pyridine rings is 1. The van der Waals surface area contributed by atoms with Crippen LogP contribution in [0.4, 0.5) is 73.7 Å². The van der Waals surface area contributed by atoms with Crippen molar-refractivity contribution in [1.29, 1.82) is 0 Å². The van der Waals surface area contributed by atoms with Crippen LogP contribution in [0.2, 0.25) is 0 Å². The van der Waals surface area contributed by atoms with E-state index in [2.05, 4.69) is 120 Å². The van der Waals surface area contributed by atoms with Gasteiger partial charge in [0.1, 0.15) is 41.1 Å². The molecule has 0 fully saturated rings. The minimum atomic E-state index is -0.743. The first-order valence-corrected chi connectivity index (χ1v) is 33.9. The van der Waals surface area contributed by atoms with Crippen LogP contribution in [0, 0.1) is 25.1 Å². The van der Waals surface area contributed by atoms with Crippen LogP contribution in [0.5, 0.6) is 75.4 Å². The van der Waals surface area contributed by atoms with E-state index in [0.717, 1.165) is 29.2 Å². The summed E-state index contributed by atoms with van der Waals surface area (Å²) in [6.07, 6.45) is 17.2. The van der Waals surface area contributed by atoms with Crippen LogP contribution >= 0.6 is 0 Å². The van der Waals surface area contributed by atoms with E-state index >= 15 is 0 Å². The van der Waals surface area contributed by atoms with Crippen LogP contribution in [0.3, 0.4) is 0 Å². The molecule has 4 amide bonds. The van der Waals surface area contributed by atoms with E-state index in [1.54, 1.807) is 154 Å². The molecule has 0 saturated heterocycles. The molecule has 0 aliphatic rings. The van der Waals surface area contributed by atoms with Gasteiger partial charge in [-0.15, -0.1) is 6.42 Å². The number of hydrogen-bond donors (Lipinski definition) is 8. The molecule has 0 radical (unpaired) electrons. The number of anilines is 12. The Morgan fingerprint density at radius 2 is 0.737 bits per heavy atom. The lowest BCUT2D eigenvalue weighted by Crippen LogP contribution is -2.07. The number of benzene rings is 7. The summed E-state index contributed by atoms with van der Waals surface area (Å²) < 4.78 is 63.5. The molecule has 8 N–H and O–H groups in total. The van der Waals surface area contributed by atoms with Gasteiger partial charge in [-0.05, 0) is 122 Å². The molecule has 5 heterocycles. The SMILES string of the molecule is C#CCOc1cccc(Nc2ncc(F)c(Oc3cccc(NC(=O)C=C)c3)n2)c1.C=CC(=O)Nc1cccc(Oc2nc(Nc3ccc(OC)nc3)ncc2OC)c1.C=CC(=O)Nc1cccc(Oc2nc(Nc3cccc(OC)c3)ncc2OC)c1.C=CC(=O)Nc1cccc(Oc2nc(Nc3ccccc3)ncc2C)c1. The Hall–Kier alpha value is -16.3. The molecule has 114 heavy (non-hydrogen) atoms. The van der Waals surface area contributed by atoms with Gasteiger partial charge >= 0.3 is 0 Å². The summed E-state index contributed by atoms with van der Waals surface area (Å²) in [6.45, 7) is 15.7. The highest BCUT2D eigenvalue weighted by Gasteiger charge is 2.17. The maximum atomic E-state index is 14.2. The molecule has 30 nitrogen and oxygen atoms in total. The number of rotatable bonds is 30. The third kappa shape index (κ3) is 26.0. The number of halogens is 1. The third-order valence-corrected chi connectivity index (χ3v) is 14.5. The highest BCUT2D eigenvalue weighted by atomic mass is 19.1. The van der Waals surface area contributed by atoms with E-state index < -0.39 is 5.82 Å². The van der Waals surface area contributed by atoms with Gasteiger partial charge in [0.25, 0.3) is 17.6 Å². The fourth-order valence-electron chi connectivity index (χ4n) is 9.20. The fraction of sp³-hybridized carbons (Fsp3) is 0.0723. The van der Waals surface area contributed by atoms with Gasteiger partial charge in [-0.2, -0.15) is 24.3 Å². The molecular weight excluding hydrogens is 1460 g/mol. The van der Waals surface area contributed by atoms with Crippen molar-refractivity contribution in [3.05, 3.63) is 281 Å². The van der Waals surface area contributed by atoms with Crippen molar-refractivity contribution in [2.75, 3.05) is 77.6 Å². The van der Waals surface area contributed by atoms with Crippen LogP contribution in [0.25, 0.3) is 0 Å². The Labute approximate surface area is 654 Å². The zero-order chi connectivity index (χ0) is 81.0. The fourth-order valence-corrected chi connectivity index (χ4v) is 9.20. The van der Waals surface area contributed by atoms with Crippen LogP contribution in [0.1, 0.15) is 5.56 Å². The number of nitrogens with one attached hydrogen (secondary N) is 8. The third-order valence-electron chi connectivity index (χ3n) is 14.5. The number of carbonyl (C=O) groups excluding carboxylic acids is 4. The summed E-state index contributed by atoms with van der Waals surface area (Å²) in [5, 5.41) is 22.8. The zero-order valence-electron chi connectivity index (χ0n) is 61.9. The van der Waals surface area contributed by atoms with E-state index in [1.807, 2.05) is 61.5 Å². The standard InChI is InChI=1S/C22H17FN4O3.C21H20N4O4.C20H19N5O4.C20H18N4O2/c1-3-11-29-17-9-5-8-16(12-17)26-22-24-14-19(23)21(27-22)30-18-10-6-7-15(13-18)25-20(28)4-2;1-4-19(26)23-14-7-6-10-17(12-14)29-20-18(28-3)13-22-21(25-20)24-15-8-5-9-16(11-15)27-2;1-4-17(26)23-13-6-5-7-15(10-13)29-19-16(27-2)12-22-20(25-19)24-14-8-9-18(28-3)21-11-14;1-3-18(25)22-16-10-7-11-17(12-16)26-19-14(2)13-21-20(24-19)23-15-8-5-4-6-9-15/h1,4-10,12-14H,2,11H2,(H,25,28)(H,24,26,27);4-13H,1H2,2-3H3,(H,23,26)(H,22,24,25);4-12H,1H2,2-3H3,(H,23,26)(H,22,24,25);3-13H,1H2,2H3,(H,22,25)(H,21,23,24). The number of terminal acetylenes is 1. The molecule has 0 saturated carbocycles. The maximum absolute atomic E-state index is 14.2. The summed E-state index contributed by atoms with van der Waals surface area (Å²) in [7, 11) is 6.14. The Morgan fingerprint density at radius 3 is 1.16 bits per heavy atom. The van der Waals surface area contributed by atoms with Crippen molar-refractivity contribution in [3.63, 3.8) is 0 Å². The molecule has 576 valence electrons. The van der Waals surface area contributed by atoms with Gasteiger partial charge in [-0.3, -0.25) is 19.2 Å². The maximum Gasteiger partial charge on any atom is 0.267 e. The predicted molar refractivity (Wildman–Crippen MR) is 431 cm³/mol. The van der Waals surface area contributed by atoms with Crippen molar-refractivity contribution in [1.82, 2.24) is 44.9 Å². The number of para-hydroxylation sites is 1. The van der Waals surface area contributed by atoms with Gasteiger partial charge in [0.2, 0.25) is 65.0 Å². The molecule has 12 rings (SSSR count). The van der Waals surface area contributed by atoms with E-state index in [4.69, 9.17) is 49.1 Å². The topological polar surface area (TPSA) is 364 Å². The predicted octanol–water partition coefficient (Wildman–Crippen LogP) is 16.4. The van der Waals surface area contributed by atoms with Crippen molar-refractivity contribution in [2.45, 2.75) is 6.92 Å². The van der Waals surface area contributed by atoms with E-state index in [0.29, 0.717) is 104 Å². The number of aromatic nitrogens is 9. The van der Waals surface area contributed by atoms with Gasteiger partial charge in [-0.1, -0.05) is 86.8 Å². The van der Waals surface area contributed by atoms with Crippen LogP contribution in [-0.4, -0.2) is 104 Å². The van der Waals surface area contributed by atoms with E-state index in [9.17, 15) is 23.6 Å². The van der Waals surface area contributed by atoms with Gasteiger partial charge in [0.15, 0.2) is 11.5 Å². The molecule has 0 atom stereocenters. The molecule has 12 aromatic rings. The number of aryl methyl sites for hydroxylation is 1. The summed E-state index contributed by atoms with van der Waals surface area (Å²) in [6, 6.07) is 54.7. The molecule has 0 spiro atoms. The second kappa shape index (κ2) is 42.3. The normalized spacial score (nSPS) is 9.97. The molecule has 0 bridgehead atoms. The van der Waals surface area contributed by atoms with E-state index in [1.165, 1.54) is 50.9 Å². The highest BCUT2D eigenvalue weighted by molar-refractivity contribution is 6.00. The second-order valence-electron chi connectivity index (χ2n) is 22.7. The molecule has 7 aromatic carbocycles. The summed E-state index contributed by atoms with van der Waals surface area (Å²) in [5.41, 5.74) is 5.94. The van der Waals surface area contributed by atoms with Crippen LogP contribution in [-0.2, 0) is 19.2 Å². The molecule has 0 aliphatic heterocycles. The van der Waals surface area contributed by atoms with Gasteiger partial charge in [0.05, 0.1) is 58.9 Å². The molecular formula is C83H74FN17O13. The first kappa shape index (κ1) is 81.8. The molecule has 0 aliphatic carbocycles. The van der Waals surface area contributed by atoms with Crippen molar-refractivity contribution in [2.24, 2.45) is 0 Å². The summed E-state index contributed by atoms with van der Waals surface area (Å²) in [5.74, 6) is 6.37.